The first kappa shape index (κ1) is 16.5. The molecule has 3 atom stereocenters. The molecule has 8 heteroatoms. The van der Waals surface area contributed by atoms with Crippen LogP contribution in [0, 0.1) is 11.6 Å². The van der Waals surface area contributed by atoms with Gasteiger partial charge in [-0.05, 0) is 38.1 Å². The Morgan fingerprint density at radius 1 is 1.38 bits per heavy atom. The van der Waals surface area contributed by atoms with Crippen molar-refractivity contribution in [3.05, 3.63) is 48.1 Å². The Bertz CT molecular complexity index is 721. The van der Waals surface area contributed by atoms with Crippen LogP contribution in [0.1, 0.15) is 31.0 Å². The number of carbonyl (C=O) groups is 1. The van der Waals surface area contributed by atoms with Gasteiger partial charge in [-0.25, -0.2) is 18.4 Å². The van der Waals surface area contributed by atoms with E-state index >= 15 is 0 Å². The molecule has 1 fully saturated rings. The number of hydrogen-bond donors (Lipinski definition) is 1. The lowest BCUT2D eigenvalue weighted by Crippen LogP contribution is -2.42. The average molecular weight is 335 g/mol. The number of nitrogens with one attached hydrogen (secondary N) is 1. The summed E-state index contributed by atoms with van der Waals surface area (Å²) in [5.41, 5.74) is 0.646. The van der Waals surface area contributed by atoms with Crippen LogP contribution < -0.4 is 5.32 Å². The highest BCUT2D eigenvalue weighted by Crippen LogP contribution is 2.32. The molecule has 0 aliphatic carbocycles. The fraction of sp³-hybridized carbons (Fsp3) is 0.438. The summed E-state index contributed by atoms with van der Waals surface area (Å²) in [7, 11) is 1.90. The summed E-state index contributed by atoms with van der Waals surface area (Å²) in [6.07, 6.45) is 3.59. The van der Waals surface area contributed by atoms with Crippen LogP contribution in [0.4, 0.5) is 8.78 Å². The minimum atomic E-state index is -0.881. The first-order valence-corrected chi connectivity index (χ1v) is 7.77. The van der Waals surface area contributed by atoms with Crippen molar-refractivity contribution in [3.63, 3.8) is 0 Å². The summed E-state index contributed by atoms with van der Waals surface area (Å²) in [5.74, 6) is -1.94. The van der Waals surface area contributed by atoms with Crippen molar-refractivity contribution in [2.24, 2.45) is 0 Å². The predicted molar refractivity (Wildman–Crippen MR) is 83.0 cm³/mol. The third-order valence-electron chi connectivity index (χ3n) is 4.47. The third-order valence-corrected chi connectivity index (χ3v) is 4.47. The van der Waals surface area contributed by atoms with Gasteiger partial charge in [0, 0.05) is 12.6 Å². The van der Waals surface area contributed by atoms with Gasteiger partial charge < -0.3 is 5.32 Å². The van der Waals surface area contributed by atoms with Crippen molar-refractivity contribution < 1.29 is 13.6 Å². The van der Waals surface area contributed by atoms with Crippen molar-refractivity contribution in [1.29, 1.82) is 0 Å². The molecule has 2 heterocycles. The molecule has 0 unspecified atom stereocenters. The van der Waals surface area contributed by atoms with E-state index in [1.54, 1.807) is 13.0 Å². The van der Waals surface area contributed by atoms with Crippen molar-refractivity contribution in [2.75, 3.05) is 13.6 Å². The first-order valence-electron chi connectivity index (χ1n) is 7.77. The van der Waals surface area contributed by atoms with Crippen LogP contribution in [0.25, 0.3) is 0 Å². The molecule has 1 aliphatic heterocycles. The smallest absolute Gasteiger partial charge is 0.244 e. The second kappa shape index (κ2) is 6.64. The molecule has 128 valence electrons. The first-order chi connectivity index (χ1) is 11.5. The SMILES string of the molecule is C[C@H](C(=O)N[C@@H]1CCN(C)[C@@H]1c1ccc(F)c(F)c1)n1cncn1. The standard InChI is InChI=1S/C16H19F2N5O/c1-10(23-9-19-8-20-23)16(24)21-14-5-6-22(2)15(14)11-3-4-12(17)13(18)7-11/h3-4,7-10,14-15H,5-6H2,1-2H3,(H,21,24)/t10-,14-,15-/m1/s1. The third kappa shape index (κ3) is 3.14. The van der Waals surface area contributed by atoms with E-state index in [2.05, 4.69) is 15.4 Å². The molecule has 0 spiro atoms. The molecule has 0 bridgehead atoms. The Kier molecular flexibility index (Phi) is 4.57. The van der Waals surface area contributed by atoms with E-state index in [4.69, 9.17) is 0 Å². The summed E-state index contributed by atoms with van der Waals surface area (Å²) in [6, 6.07) is 3.00. The van der Waals surface area contributed by atoms with Crippen molar-refractivity contribution >= 4 is 5.91 Å². The summed E-state index contributed by atoms with van der Waals surface area (Å²) < 4.78 is 28.2. The van der Waals surface area contributed by atoms with Gasteiger partial charge in [0.15, 0.2) is 11.6 Å². The van der Waals surface area contributed by atoms with Crippen LogP contribution in [0.5, 0.6) is 0 Å². The van der Waals surface area contributed by atoms with E-state index in [0.29, 0.717) is 5.56 Å². The molecule has 1 N–H and O–H groups in total. The van der Waals surface area contributed by atoms with Gasteiger partial charge in [0.2, 0.25) is 5.91 Å². The molecule has 1 aromatic carbocycles. The molecular weight excluding hydrogens is 316 g/mol. The van der Waals surface area contributed by atoms with Gasteiger partial charge in [-0.1, -0.05) is 6.07 Å². The fourth-order valence-corrected chi connectivity index (χ4v) is 3.12. The summed E-state index contributed by atoms with van der Waals surface area (Å²) >= 11 is 0. The Labute approximate surface area is 138 Å². The van der Waals surface area contributed by atoms with Crippen molar-refractivity contribution in [1.82, 2.24) is 25.0 Å². The van der Waals surface area contributed by atoms with Gasteiger partial charge in [-0.2, -0.15) is 5.10 Å². The second-order valence-electron chi connectivity index (χ2n) is 6.05. The van der Waals surface area contributed by atoms with Gasteiger partial charge in [0.25, 0.3) is 0 Å². The maximum Gasteiger partial charge on any atom is 0.244 e. The van der Waals surface area contributed by atoms with Crippen LogP contribution in [0.2, 0.25) is 0 Å². The molecule has 1 saturated heterocycles. The molecule has 3 rings (SSSR count). The van der Waals surface area contributed by atoms with E-state index in [9.17, 15) is 13.6 Å². The van der Waals surface area contributed by atoms with E-state index in [1.807, 2.05) is 11.9 Å². The normalized spacial score (nSPS) is 22.5. The minimum absolute atomic E-state index is 0.182. The molecular formula is C16H19F2N5O. The second-order valence-corrected chi connectivity index (χ2v) is 6.05. The number of halogens is 2. The number of likely N-dealkylation sites (tertiary alicyclic amines) is 1. The summed E-state index contributed by atoms with van der Waals surface area (Å²) in [5, 5.41) is 6.96. The van der Waals surface area contributed by atoms with E-state index < -0.39 is 17.7 Å². The van der Waals surface area contributed by atoms with Crippen molar-refractivity contribution in [2.45, 2.75) is 31.5 Å². The van der Waals surface area contributed by atoms with Gasteiger partial charge in [0.05, 0.1) is 6.04 Å². The number of amides is 1. The van der Waals surface area contributed by atoms with Crippen LogP contribution in [0.3, 0.4) is 0 Å². The van der Waals surface area contributed by atoms with E-state index in [-0.39, 0.29) is 18.0 Å². The van der Waals surface area contributed by atoms with Crippen LogP contribution >= 0.6 is 0 Å². The highest BCUT2D eigenvalue weighted by atomic mass is 19.2. The molecule has 1 amide bonds. The zero-order valence-electron chi connectivity index (χ0n) is 13.5. The Morgan fingerprint density at radius 3 is 2.83 bits per heavy atom. The predicted octanol–water partition coefficient (Wildman–Crippen LogP) is 1.68. The van der Waals surface area contributed by atoms with Crippen LogP contribution in [-0.2, 0) is 4.79 Å². The number of rotatable bonds is 4. The topological polar surface area (TPSA) is 63.1 Å². The van der Waals surface area contributed by atoms with Crippen LogP contribution in [0.15, 0.2) is 30.9 Å². The summed E-state index contributed by atoms with van der Waals surface area (Å²) in [6.45, 7) is 2.49. The van der Waals surface area contributed by atoms with Gasteiger partial charge in [-0.3, -0.25) is 9.69 Å². The number of carbonyl (C=O) groups excluding carboxylic acids is 1. The highest BCUT2D eigenvalue weighted by molar-refractivity contribution is 5.80. The fourth-order valence-electron chi connectivity index (χ4n) is 3.12. The largest absolute Gasteiger partial charge is 0.350 e. The van der Waals surface area contributed by atoms with Gasteiger partial charge in [-0.15, -0.1) is 0 Å². The molecule has 1 aliphatic rings. The quantitative estimate of drug-likeness (QED) is 0.923. The number of likely N-dealkylation sites (N-methyl/N-ethyl adjacent to an activating group) is 1. The average Bonchev–Trinajstić information content (AvgIpc) is 3.20. The number of hydrogen-bond acceptors (Lipinski definition) is 4. The minimum Gasteiger partial charge on any atom is -0.350 e. The van der Waals surface area contributed by atoms with E-state index in [0.717, 1.165) is 19.0 Å². The molecule has 24 heavy (non-hydrogen) atoms. The Hall–Kier alpha value is -2.35. The molecule has 0 radical (unpaired) electrons. The van der Waals surface area contributed by atoms with Crippen LogP contribution in [-0.4, -0.2) is 45.2 Å². The molecule has 1 aromatic heterocycles. The lowest BCUT2D eigenvalue weighted by atomic mass is 9.99. The van der Waals surface area contributed by atoms with Crippen molar-refractivity contribution in [3.8, 4) is 0 Å². The zero-order chi connectivity index (χ0) is 17.3. The maximum absolute atomic E-state index is 13.6. The Morgan fingerprint density at radius 2 is 2.17 bits per heavy atom. The number of benzene rings is 1. The van der Waals surface area contributed by atoms with E-state index in [1.165, 1.54) is 23.4 Å². The Balaban J connectivity index is 1.76. The van der Waals surface area contributed by atoms with Gasteiger partial charge in [0.1, 0.15) is 18.7 Å². The monoisotopic (exact) mass is 335 g/mol. The molecule has 0 saturated carbocycles. The zero-order valence-corrected chi connectivity index (χ0v) is 13.5. The lowest BCUT2D eigenvalue weighted by molar-refractivity contribution is -0.125. The maximum atomic E-state index is 13.6. The lowest BCUT2D eigenvalue weighted by Gasteiger charge is -2.27. The van der Waals surface area contributed by atoms with Gasteiger partial charge >= 0.3 is 0 Å². The summed E-state index contributed by atoms with van der Waals surface area (Å²) in [4.78, 5) is 18.3. The molecule has 2 aromatic rings. The number of aromatic nitrogens is 3. The molecule has 6 nitrogen and oxygen atoms in total. The highest BCUT2D eigenvalue weighted by Gasteiger charge is 2.35. The number of nitrogens with zero attached hydrogens (tertiary/aromatic N) is 4.